The summed E-state index contributed by atoms with van der Waals surface area (Å²) in [6.07, 6.45) is 3.46. The van der Waals surface area contributed by atoms with Gasteiger partial charge in [-0.25, -0.2) is 0 Å². The minimum Gasteiger partial charge on any atom is -0.465 e. The summed E-state index contributed by atoms with van der Waals surface area (Å²) in [6.45, 7) is 1.90. The van der Waals surface area contributed by atoms with Gasteiger partial charge in [-0.2, -0.15) is 0 Å². The first-order chi connectivity index (χ1) is 5.33. The van der Waals surface area contributed by atoms with Crippen LogP contribution in [0.5, 0.6) is 5.75 Å². The fourth-order valence-electron chi connectivity index (χ4n) is 0.660. The van der Waals surface area contributed by atoms with Crippen LogP contribution < -0.4 is 4.74 Å². The van der Waals surface area contributed by atoms with Gasteiger partial charge in [0.15, 0.2) is 0 Å². The molecule has 0 aliphatic carbocycles. The van der Waals surface area contributed by atoms with E-state index in [1.54, 1.807) is 18.4 Å². The van der Waals surface area contributed by atoms with E-state index in [0.717, 1.165) is 10.8 Å². The lowest BCUT2D eigenvalue weighted by molar-refractivity contribution is 0.480. The van der Waals surface area contributed by atoms with Gasteiger partial charge in [-0.3, -0.25) is 0 Å². The van der Waals surface area contributed by atoms with Crippen molar-refractivity contribution in [2.75, 3.05) is 0 Å². The van der Waals surface area contributed by atoms with Gasteiger partial charge >= 0.3 is 0 Å². The molecule has 0 spiro atoms. The minimum atomic E-state index is 0.720. The first kappa shape index (κ1) is 8.15. The number of halogens is 1. The van der Waals surface area contributed by atoms with Crippen molar-refractivity contribution in [2.45, 2.75) is 6.92 Å². The molecule has 1 aromatic carbocycles. The normalized spacial score (nSPS) is 10.4. The monoisotopic (exact) mass is 168 g/mol. The average molecular weight is 169 g/mol. The Morgan fingerprint density at radius 2 is 1.91 bits per heavy atom. The van der Waals surface area contributed by atoms with Crippen molar-refractivity contribution in [3.63, 3.8) is 0 Å². The summed E-state index contributed by atoms with van der Waals surface area (Å²) < 4.78 is 5.17. The summed E-state index contributed by atoms with van der Waals surface area (Å²) in [5.74, 6) is 0.799. The summed E-state index contributed by atoms with van der Waals surface area (Å²) in [4.78, 5) is 0. The van der Waals surface area contributed by atoms with Gasteiger partial charge in [-0.1, -0.05) is 17.7 Å². The van der Waals surface area contributed by atoms with Gasteiger partial charge < -0.3 is 4.74 Å². The molecule has 1 nitrogen and oxygen atoms in total. The maximum Gasteiger partial charge on any atom is 0.126 e. The maximum atomic E-state index is 5.67. The van der Waals surface area contributed by atoms with E-state index in [-0.39, 0.29) is 0 Å². The predicted molar refractivity (Wildman–Crippen MR) is 46.9 cm³/mol. The highest BCUT2D eigenvalue weighted by molar-refractivity contribution is 6.30. The lowest BCUT2D eigenvalue weighted by Crippen LogP contribution is -1.79. The molecule has 1 rings (SSSR count). The van der Waals surface area contributed by atoms with Crippen molar-refractivity contribution >= 4 is 11.6 Å². The molecule has 0 unspecified atom stereocenters. The van der Waals surface area contributed by atoms with Crippen LogP contribution >= 0.6 is 11.6 Å². The molecule has 0 radical (unpaired) electrons. The van der Waals surface area contributed by atoms with E-state index < -0.39 is 0 Å². The molecule has 11 heavy (non-hydrogen) atoms. The molecular weight excluding hydrogens is 160 g/mol. The molecule has 0 aliphatic heterocycles. The second-order valence-electron chi connectivity index (χ2n) is 2.04. The zero-order chi connectivity index (χ0) is 8.10. The Morgan fingerprint density at radius 3 is 2.45 bits per heavy atom. The van der Waals surface area contributed by atoms with Crippen molar-refractivity contribution in [1.82, 2.24) is 0 Å². The van der Waals surface area contributed by atoms with E-state index in [1.165, 1.54) is 0 Å². The molecule has 0 aliphatic rings. The van der Waals surface area contributed by atoms with Crippen molar-refractivity contribution < 1.29 is 4.74 Å². The number of rotatable bonds is 2. The van der Waals surface area contributed by atoms with Crippen LogP contribution in [-0.2, 0) is 0 Å². The highest BCUT2D eigenvalue weighted by atomic mass is 35.5. The molecule has 0 aromatic heterocycles. The second-order valence-corrected chi connectivity index (χ2v) is 2.48. The Bertz CT molecular complexity index is 238. The Balaban J connectivity index is 2.66. The second kappa shape index (κ2) is 4.04. The van der Waals surface area contributed by atoms with Gasteiger partial charge in [0.05, 0.1) is 6.26 Å². The smallest absolute Gasteiger partial charge is 0.126 e. The van der Waals surface area contributed by atoms with Crippen molar-refractivity contribution in [3.05, 3.63) is 41.6 Å². The van der Waals surface area contributed by atoms with Crippen LogP contribution in [-0.4, -0.2) is 0 Å². The van der Waals surface area contributed by atoms with Gasteiger partial charge in [0.2, 0.25) is 0 Å². The van der Waals surface area contributed by atoms with Crippen LogP contribution in [0.25, 0.3) is 0 Å². The quantitative estimate of drug-likeness (QED) is 0.616. The van der Waals surface area contributed by atoms with Crippen LogP contribution in [0.1, 0.15) is 6.92 Å². The molecule has 0 heterocycles. The van der Waals surface area contributed by atoms with Gasteiger partial charge in [0.25, 0.3) is 0 Å². The molecule has 0 fully saturated rings. The molecule has 0 atom stereocenters. The topological polar surface area (TPSA) is 9.23 Å². The standard InChI is InChI=1S/C9H9ClO/c1-2-7-11-9-5-3-8(10)4-6-9/h2-7H,1H3/b7-2-. The zero-order valence-electron chi connectivity index (χ0n) is 6.25. The first-order valence-electron chi connectivity index (χ1n) is 3.36. The van der Waals surface area contributed by atoms with Gasteiger partial charge in [0, 0.05) is 5.02 Å². The zero-order valence-corrected chi connectivity index (χ0v) is 7.01. The Morgan fingerprint density at radius 1 is 1.27 bits per heavy atom. The van der Waals surface area contributed by atoms with E-state index >= 15 is 0 Å². The summed E-state index contributed by atoms with van der Waals surface area (Å²) in [7, 11) is 0. The van der Waals surface area contributed by atoms with Crippen LogP contribution in [0.2, 0.25) is 5.02 Å². The van der Waals surface area contributed by atoms with Gasteiger partial charge in [-0.05, 0) is 31.2 Å². The lowest BCUT2D eigenvalue weighted by Gasteiger charge is -1.97. The number of ether oxygens (including phenoxy) is 1. The van der Waals surface area contributed by atoms with Crippen molar-refractivity contribution in [1.29, 1.82) is 0 Å². The third-order valence-electron chi connectivity index (χ3n) is 1.15. The van der Waals surface area contributed by atoms with E-state index in [9.17, 15) is 0 Å². The number of hydrogen-bond acceptors (Lipinski definition) is 1. The van der Waals surface area contributed by atoms with E-state index in [0.29, 0.717) is 0 Å². The van der Waals surface area contributed by atoms with Crippen LogP contribution in [0.3, 0.4) is 0 Å². The Labute approximate surface area is 71.3 Å². The van der Waals surface area contributed by atoms with Gasteiger partial charge in [-0.15, -0.1) is 0 Å². The molecule has 58 valence electrons. The summed E-state index contributed by atoms with van der Waals surface area (Å²) in [5.41, 5.74) is 0. The van der Waals surface area contributed by atoms with E-state index in [4.69, 9.17) is 16.3 Å². The van der Waals surface area contributed by atoms with E-state index in [1.807, 2.05) is 25.1 Å². The van der Waals surface area contributed by atoms with E-state index in [2.05, 4.69) is 0 Å². The highest BCUT2D eigenvalue weighted by Gasteiger charge is 1.88. The minimum absolute atomic E-state index is 0.720. The number of benzene rings is 1. The third kappa shape index (κ3) is 2.64. The maximum absolute atomic E-state index is 5.67. The van der Waals surface area contributed by atoms with Crippen LogP contribution in [0.4, 0.5) is 0 Å². The Kier molecular flexibility index (Phi) is 2.99. The first-order valence-corrected chi connectivity index (χ1v) is 3.74. The fourth-order valence-corrected chi connectivity index (χ4v) is 0.786. The third-order valence-corrected chi connectivity index (χ3v) is 1.41. The molecule has 0 saturated heterocycles. The molecule has 2 heteroatoms. The highest BCUT2D eigenvalue weighted by Crippen LogP contribution is 2.15. The Hall–Kier alpha value is -0.950. The fraction of sp³-hybridized carbons (Fsp3) is 0.111. The summed E-state index contributed by atoms with van der Waals surface area (Å²) in [5, 5.41) is 0.720. The number of allylic oxidation sites excluding steroid dienone is 1. The summed E-state index contributed by atoms with van der Waals surface area (Å²) >= 11 is 5.67. The predicted octanol–water partition coefficient (Wildman–Crippen LogP) is 3.25. The SMILES string of the molecule is C/C=C\Oc1ccc(Cl)cc1. The summed E-state index contributed by atoms with van der Waals surface area (Å²) in [6, 6.07) is 7.23. The van der Waals surface area contributed by atoms with Crippen LogP contribution in [0, 0.1) is 0 Å². The molecule has 1 aromatic rings. The van der Waals surface area contributed by atoms with Crippen LogP contribution in [0.15, 0.2) is 36.6 Å². The average Bonchev–Trinajstić information content (AvgIpc) is 2.04. The van der Waals surface area contributed by atoms with Crippen molar-refractivity contribution in [3.8, 4) is 5.75 Å². The molecule has 0 saturated carbocycles. The molecule has 0 N–H and O–H groups in total. The molecule has 0 bridgehead atoms. The number of hydrogen-bond donors (Lipinski definition) is 0. The molecular formula is C9H9ClO. The van der Waals surface area contributed by atoms with Gasteiger partial charge in [0.1, 0.15) is 5.75 Å². The molecule has 0 amide bonds. The van der Waals surface area contributed by atoms with Crippen molar-refractivity contribution in [2.24, 2.45) is 0 Å². The largest absolute Gasteiger partial charge is 0.465 e. The lowest BCUT2D eigenvalue weighted by atomic mass is 10.3.